The second-order valence-electron chi connectivity index (χ2n) is 6.32. The molecule has 3 rings (SSSR count). The minimum atomic E-state index is -0.378. The molecule has 0 bridgehead atoms. The van der Waals surface area contributed by atoms with E-state index in [0.717, 1.165) is 5.69 Å². The van der Waals surface area contributed by atoms with E-state index in [2.05, 4.69) is 10.4 Å². The Bertz CT molecular complexity index is 796. The number of benzene rings is 1. The molecule has 138 valence electrons. The number of rotatable bonds is 5. The lowest BCUT2D eigenvalue weighted by Crippen LogP contribution is -2.49. The van der Waals surface area contributed by atoms with Crippen molar-refractivity contribution in [3.05, 3.63) is 46.1 Å². The zero-order chi connectivity index (χ0) is 18.7. The molecule has 0 radical (unpaired) electrons. The number of para-hydroxylation sites is 1. The van der Waals surface area contributed by atoms with Crippen molar-refractivity contribution in [3.8, 4) is 0 Å². The van der Waals surface area contributed by atoms with Gasteiger partial charge in [0.2, 0.25) is 11.7 Å². The standard InChI is InChI=1S/C17H22N6O3/c1-13-16(23(25)26)17(20(2)19-13)22-10-8-21(9-11-22)12-15(24)18-14-6-4-3-5-7-14/h3-7H,8-12H2,1-2H3,(H,18,24). The van der Waals surface area contributed by atoms with Gasteiger partial charge in [0.1, 0.15) is 5.69 Å². The van der Waals surface area contributed by atoms with Crippen LogP contribution in [0.5, 0.6) is 0 Å². The third kappa shape index (κ3) is 3.83. The fourth-order valence-electron chi connectivity index (χ4n) is 3.25. The molecule has 1 fully saturated rings. The molecule has 26 heavy (non-hydrogen) atoms. The molecule has 9 nitrogen and oxygen atoms in total. The number of carbonyl (C=O) groups excluding carboxylic acids is 1. The van der Waals surface area contributed by atoms with Gasteiger partial charge >= 0.3 is 5.69 Å². The molecule has 2 heterocycles. The zero-order valence-electron chi connectivity index (χ0n) is 14.9. The summed E-state index contributed by atoms with van der Waals surface area (Å²) in [6.07, 6.45) is 0. The molecule has 0 saturated carbocycles. The van der Waals surface area contributed by atoms with Crippen molar-refractivity contribution >= 4 is 23.1 Å². The molecule has 1 N–H and O–H groups in total. The van der Waals surface area contributed by atoms with Gasteiger partial charge < -0.3 is 10.2 Å². The van der Waals surface area contributed by atoms with Crippen molar-refractivity contribution in [1.82, 2.24) is 14.7 Å². The number of aromatic nitrogens is 2. The quantitative estimate of drug-likeness (QED) is 0.641. The Morgan fingerprint density at radius 2 is 1.88 bits per heavy atom. The fourth-order valence-corrected chi connectivity index (χ4v) is 3.25. The van der Waals surface area contributed by atoms with Gasteiger partial charge in [0.05, 0.1) is 11.5 Å². The number of piperazine rings is 1. The predicted molar refractivity (Wildman–Crippen MR) is 98.3 cm³/mol. The fraction of sp³-hybridized carbons (Fsp3) is 0.412. The first kappa shape index (κ1) is 17.9. The zero-order valence-corrected chi connectivity index (χ0v) is 14.9. The van der Waals surface area contributed by atoms with Crippen molar-refractivity contribution < 1.29 is 9.72 Å². The number of hydrogen-bond donors (Lipinski definition) is 1. The molecule has 1 aromatic carbocycles. The van der Waals surface area contributed by atoms with Gasteiger partial charge in [-0.15, -0.1) is 0 Å². The lowest BCUT2D eigenvalue weighted by atomic mass is 10.2. The summed E-state index contributed by atoms with van der Waals surface area (Å²) in [7, 11) is 1.72. The maximum Gasteiger partial charge on any atom is 0.333 e. The van der Waals surface area contributed by atoms with E-state index in [-0.39, 0.29) is 16.5 Å². The predicted octanol–water partition coefficient (Wildman–Crippen LogP) is 1.40. The van der Waals surface area contributed by atoms with Crippen LogP contribution in [0, 0.1) is 17.0 Å². The van der Waals surface area contributed by atoms with Gasteiger partial charge in [-0.1, -0.05) is 18.2 Å². The highest BCUT2D eigenvalue weighted by Gasteiger charge is 2.30. The second-order valence-corrected chi connectivity index (χ2v) is 6.32. The molecule has 1 aliphatic heterocycles. The molecule has 9 heteroatoms. The molecule has 0 atom stereocenters. The van der Waals surface area contributed by atoms with Crippen molar-refractivity contribution in [2.45, 2.75) is 6.92 Å². The Balaban J connectivity index is 1.58. The normalized spacial score (nSPS) is 15.1. The molecule has 1 amide bonds. The Labute approximate surface area is 151 Å². The van der Waals surface area contributed by atoms with Gasteiger partial charge in [-0.2, -0.15) is 5.10 Å². The highest BCUT2D eigenvalue weighted by atomic mass is 16.6. The van der Waals surface area contributed by atoms with Gasteiger partial charge in [-0.25, -0.2) is 4.68 Å². The maximum absolute atomic E-state index is 12.2. The van der Waals surface area contributed by atoms with E-state index < -0.39 is 0 Å². The number of nitrogens with one attached hydrogen (secondary N) is 1. The molecule has 2 aromatic rings. The Hall–Kier alpha value is -2.94. The maximum atomic E-state index is 12.2. The average molecular weight is 358 g/mol. The summed E-state index contributed by atoms with van der Waals surface area (Å²) < 4.78 is 1.56. The highest BCUT2D eigenvalue weighted by molar-refractivity contribution is 5.92. The van der Waals surface area contributed by atoms with Crippen LogP contribution in [0.3, 0.4) is 0 Å². The van der Waals surface area contributed by atoms with Gasteiger partial charge in [-0.3, -0.25) is 19.8 Å². The van der Waals surface area contributed by atoms with Gasteiger partial charge in [0, 0.05) is 38.9 Å². The summed E-state index contributed by atoms with van der Waals surface area (Å²) >= 11 is 0. The summed E-state index contributed by atoms with van der Waals surface area (Å²) in [5.74, 6) is 0.466. The molecule has 0 spiro atoms. The number of hydrogen-bond acceptors (Lipinski definition) is 6. The first-order chi connectivity index (χ1) is 12.5. The van der Waals surface area contributed by atoms with Crippen LogP contribution in [0.4, 0.5) is 17.2 Å². The number of anilines is 2. The molecule has 1 saturated heterocycles. The minimum absolute atomic E-state index is 0.0581. The van der Waals surface area contributed by atoms with E-state index in [1.165, 1.54) is 0 Å². The van der Waals surface area contributed by atoms with Crippen LogP contribution >= 0.6 is 0 Å². The third-order valence-corrected chi connectivity index (χ3v) is 4.44. The number of carbonyl (C=O) groups is 1. The van der Waals surface area contributed by atoms with E-state index >= 15 is 0 Å². The molecular weight excluding hydrogens is 336 g/mol. The van der Waals surface area contributed by atoms with Crippen LogP contribution in [0.25, 0.3) is 0 Å². The van der Waals surface area contributed by atoms with Crippen molar-refractivity contribution in [3.63, 3.8) is 0 Å². The Morgan fingerprint density at radius 1 is 1.23 bits per heavy atom. The van der Waals surface area contributed by atoms with Gasteiger partial charge in [0.25, 0.3) is 0 Å². The topological polar surface area (TPSA) is 96.5 Å². The lowest BCUT2D eigenvalue weighted by Gasteiger charge is -2.34. The summed E-state index contributed by atoms with van der Waals surface area (Å²) in [4.78, 5) is 27.1. The van der Waals surface area contributed by atoms with E-state index in [9.17, 15) is 14.9 Å². The van der Waals surface area contributed by atoms with Crippen LogP contribution in [0.15, 0.2) is 30.3 Å². The second kappa shape index (κ2) is 7.52. The summed E-state index contributed by atoms with van der Waals surface area (Å²) in [5.41, 5.74) is 1.25. The first-order valence-corrected chi connectivity index (χ1v) is 8.46. The van der Waals surface area contributed by atoms with Crippen LogP contribution in [-0.2, 0) is 11.8 Å². The van der Waals surface area contributed by atoms with E-state index in [1.54, 1.807) is 18.7 Å². The summed E-state index contributed by atoms with van der Waals surface area (Å²) in [5, 5.41) is 18.4. The summed E-state index contributed by atoms with van der Waals surface area (Å²) in [6, 6.07) is 9.34. The van der Waals surface area contributed by atoms with Crippen molar-refractivity contribution in [2.75, 3.05) is 42.9 Å². The monoisotopic (exact) mass is 358 g/mol. The van der Waals surface area contributed by atoms with Crippen LogP contribution in [0.1, 0.15) is 5.69 Å². The van der Waals surface area contributed by atoms with E-state index in [0.29, 0.717) is 44.2 Å². The molecular formula is C17H22N6O3. The SMILES string of the molecule is Cc1nn(C)c(N2CCN(CC(=O)Nc3ccccc3)CC2)c1[N+](=O)[O-]. The van der Waals surface area contributed by atoms with Crippen molar-refractivity contribution in [2.24, 2.45) is 7.05 Å². The Kier molecular flexibility index (Phi) is 5.17. The smallest absolute Gasteiger partial charge is 0.333 e. The number of amides is 1. The van der Waals surface area contributed by atoms with Crippen LogP contribution in [0.2, 0.25) is 0 Å². The van der Waals surface area contributed by atoms with E-state index in [1.807, 2.05) is 40.1 Å². The molecule has 0 aliphatic carbocycles. The van der Waals surface area contributed by atoms with Crippen LogP contribution < -0.4 is 10.2 Å². The van der Waals surface area contributed by atoms with Gasteiger partial charge in [0.15, 0.2) is 0 Å². The molecule has 1 aliphatic rings. The minimum Gasteiger partial charge on any atom is -0.349 e. The number of aryl methyl sites for hydroxylation is 2. The summed E-state index contributed by atoms with van der Waals surface area (Å²) in [6.45, 7) is 4.48. The molecule has 1 aromatic heterocycles. The largest absolute Gasteiger partial charge is 0.349 e. The molecule has 0 unspecified atom stereocenters. The van der Waals surface area contributed by atoms with Gasteiger partial charge in [-0.05, 0) is 19.1 Å². The average Bonchev–Trinajstić information content (AvgIpc) is 2.90. The van der Waals surface area contributed by atoms with Crippen LogP contribution in [-0.4, -0.2) is 58.2 Å². The number of nitro groups is 1. The lowest BCUT2D eigenvalue weighted by molar-refractivity contribution is -0.384. The van der Waals surface area contributed by atoms with Crippen molar-refractivity contribution in [1.29, 1.82) is 0 Å². The van der Waals surface area contributed by atoms with E-state index in [4.69, 9.17) is 0 Å². The number of nitrogens with zero attached hydrogens (tertiary/aromatic N) is 5. The third-order valence-electron chi connectivity index (χ3n) is 4.44. The first-order valence-electron chi connectivity index (χ1n) is 8.46. The highest BCUT2D eigenvalue weighted by Crippen LogP contribution is 2.31. The Morgan fingerprint density at radius 3 is 2.50 bits per heavy atom.